The minimum Gasteiger partial charge on any atom is -0.508 e. The van der Waals surface area contributed by atoms with Crippen LogP contribution in [0, 0.1) is 0 Å². The number of phenols is 1. The lowest BCUT2D eigenvalue weighted by molar-refractivity contribution is 0.278. The summed E-state index contributed by atoms with van der Waals surface area (Å²) in [6.07, 6.45) is 0. The topological polar surface area (TPSA) is 43.6 Å². The van der Waals surface area contributed by atoms with E-state index >= 15 is 0 Å². The molecule has 0 unspecified atom stereocenters. The van der Waals surface area contributed by atoms with Gasteiger partial charge in [-0.15, -0.1) is 0 Å². The maximum atomic E-state index is 9.58. The minimum absolute atomic E-state index is 0.265. The van der Waals surface area contributed by atoms with Crippen molar-refractivity contribution in [2.24, 2.45) is 7.05 Å². The molecule has 0 fully saturated rings. The molecule has 2 aromatic carbocycles. The summed E-state index contributed by atoms with van der Waals surface area (Å²) in [4.78, 5) is 0. The SMILES string of the molecule is COc1ccccc1OCc1cc2ccc(O)cc2n1C. The molecule has 0 amide bonds. The first-order valence-corrected chi connectivity index (χ1v) is 6.72. The molecule has 0 aliphatic carbocycles. The van der Waals surface area contributed by atoms with E-state index in [2.05, 4.69) is 6.07 Å². The van der Waals surface area contributed by atoms with Gasteiger partial charge in [0.2, 0.25) is 0 Å². The Bertz CT molecular complexity index is 777. The highest BCUT2D eigenvalue weighted by Crippen LogP contribution is 2.28. The summed E-state index contributed by atoms with van der Waals surface area (Å²) in [5, 5.41) is 10.7. The maximum Gasteiger partial charge on any atom is 0.161 e. The van der Waals surface area contributed by atoms with Crippen molar-refractivity contribution in [2.45, 2.75) is 6.61 Å². The summed E-state index contributed by atoms with van der Waals surface area (Å²) in [6, 6.07) is 15.0. The zero-order chi connectivity index (χ0) is 14.8. The second-order valence-electron chi connectivity index (χ2n) is 4.88. The number of aromatic nitrogens is 1. The first kappa shape index (κ1) is 13.4. The molecule has 4 heteroatoms. The van der Waals surface area contributed by atoms with Crippen LogP contribution in [0.5, 0.6) is 17.2 Å². The van der Waals surface area contributed by atoms with Crippen LogP contribution >= 0.6 is 0 Å². The van der Waals surface area contributed by atoms with Crippen molar-refractivity contribution in [3.05, 3.63) is 54.2 Å². The van der Waals surface area contributed by atoms with Crippen LogP contribution in [-0.4, -0.2) is 16.8 Å². The number of aromatic hydroxyl groups is 1. The summed E-state index contributed by atoms with van der Waals surface area (Å²) in [6.45, 7) is 0.437. The van der Waals surface area contributed by atoms with Crippen molar-refractivity contribution in [2.75, 3.05) is 7.11 Å². The van der Waals surface area contributed by atoms with Gasteiger partial charge in [0.25, 0.3) is 0 Å². The lowest BCUT2D eigenvalue weighted by Gasteiger charge is -2.11. The van der Waals surface area contributed by atoms with Crippen molar-refractivity contribution < 1.29 is 14.6 Å². The van der Waals surface area contributed by atoms with Gasteiger partial charge in [-0.3, -0.25) is 0 Å². The molecule has 0 aliphatic rings. The normalized spacial score (nSPS) is 10.8. The zero-order valence-corrected chi connectivity index (χ0v) is 12.0. The Morgan fingerprint density at radius 2 is 1.81 bits per heavy atom. The third-order valence-electron chi connectivity index (χ3n) is 3.57. The molecule has 0 saturated heterocycles. The molecule has 3 rings (SSSR count). The molecule has 0 radical (unpaired) electrons. The molecule has 3 aromatic rings. The van der Waals surface area contributed by atoms with E-state index in [1.165, 1.54) is 0 Å². The number of fused-ring (bicyclic) bond motifs is 1. The zero-order valence-electron chi connectivity index (χ0n) is 12.0. The second kappa shape index (κ2) is 5.40. The molecule has 0 saturated carbocycles. The van der Waals surface area contributed by atoms with E-state index in [4.69, 9.17) is 9.47 Å². The second-order valence-corrected chi connectivity index (χ2v) is 4.88. The molecule has 0 aliphatic heterocycles. The lowest BCUT2D eigenvalue weighted by Crippen LogP contribution is -2.02. The van der Waals surface area contributed by atoms with Crippen molar-refractivity contribution in [3.8, 4) is 17.2 Å². The van der Waals surface area contributed by atoms with Crippen molar-refractivity contribution >= 4 is 10.9 Å². The molecule has 1 N–H and O–H groups in total. The van der Waals surface area contributed by atoms with Gasteiger partial charge in [-0.1, -0.05) is 12.1 Å². The number of hydrogen-bond donors (Lipinski definition) is 1. The van der Waals surface area contributed by atoms with E-state index in [1.807, 2.05) is 41.9 Å². The van der Waals surface area contributed by atoms with Crippen LogP contribution in [-0.2, 0) is 13.7 Å². The fraction of sp³-hybridized carbons (Fsp3) is 0.176. The first-order chi connectivity index (χ1) is 10.2. The largest absolute Gasteiger partial charge is 0.508 e. The summed E-state index contributed by atoms with van der Waals surface area (Å²) in [5.74, 6) is 1.70. The van der Waals surface area contributed by atoms with Crippen molar-refractivity contribution in [1.29, 1.82) is 0 Å². The quantitative estimate of drug-likeness (QED) is 0.797. The van der Waals surface area contributed by atoms with Gasteiger partial charge in [-0.05, 0) is 30.3 Å². The van der Waals surface area contributed by atoms with Gasteiger partial charge in [-0.2, -0.15) is 0 Å². The molecule has 1 aromatic heterocycles. The maximum absolute atomic E-state index is 9.58. The molecular formula is C17H17NO3. The number of rotatable bonds is 4. The summed E-state index contributed by atoms with van der Waals surface area (Å²) >= 11 is 0. The van der Waals surface area contributed by atoms with E-state index in [1.54, 1.807) is 19.2 Å². The molecule has 0 atom stereocenters. The Hall–Kier alpha value is -2.62. The molecular weight excluding hydrogens is 266 g/mol. The highest BCUT2D eigenvalue weighted by Gasteiger charge is 2.09. The average Bonchev–Trinajstić information content (AvgIpc) is 2.82. The fourth-order valence-electron chi connectivity index (χ4n) is 2.40. The fourth-order valence-corrected chi connectivity index (χ4v) is 2.40. The monoisotopic (exact) mass is 283 g/mol. The van der Waals surface area contributed by atoms with Crippen molar-refractivity contribution in [3.63, 3.8) is 0 Å². The minimum atomic E-state index is 0.265. The van der Waals surface area contributed by atoms with E-state index in [0.29, 0.717) is 18.1 Å². The number of hydrogen-bond acceptors (Lipinski definition) is 3. The average molecular weight is 283 g/mol. The van der Waals surface area contributed by atoms with Gasteiger partial charge in [0.1, 0.15) is 12.4 Å². The first-order valence-electron chi connectivity index (χ1n) is 6.72. The number of para-hydroxylation sites is 2. The summed E-state index contributed by atoms with van der Waals surface area (Å²) in [5.41, 5.74) is 2.01. The molecule has 0 spiro atoms. The molecule has 1 heterocycles. The van der Waals surface area contributed by atoms with Crippen LogP contribution in [0.4, 0.5) is 0 Å². The molecule has 108 valence electrons. The van der Waals surface area contributed by atoms with Gasteiger partial charge in [-0.25, -0.2) is 0 Å². The Kier molecular flexibility index (Phi) is 3.44. The van der Waals surface area contributed by atoms with Gasteiger partial charge < -0.3 is 19.1 Å². The van der Waals surface area contributed by atoms with E-state index in [0.717, 1.165) is 16.6 Å². The number of phenolic OH excluding ortho intramolecular Hbond substituents is 1. The van der Waals surface area contributed by atoms with Gasteiger partial charge in [0, 0.05) is 18.5 Å². The lowest BCUT2D eigenvalue weighted by atomic mass is 10.2. The Balaban J connectivity index is 1.87. The van der Waals surface area contributed by atoms with Gasteiger partial charge in [0.15, 0.2) is 11.5 Å². The Morgan fingerprint density at radius 3 is 2.57 bits per heavy atom. The summed E-state index contributed by atoms with van der Waals surface area (Å²) < 4.78 is 13.1. The highest BCUT2D eigenvalue weighted by molar-refractivity contribution is 5.82. The summed E-state index contributed by atoms with van der Waals surface area (Å²) in [7, 11) is 3.59. The standard InChI is InChI=1S/C17H17NO3/c1-18-13(9-12-7-8-14(19)10-15(12)18)11-21-17-6-4-3-5-16(17)20-2/h3-10,19H,11H2,1-2H3. The molecule has 21 heavy (non-hydrogen) atoms. The number of nitrogens with zero attached hydrogens (tertiary/aromatic N) is 1. The number of benzene rings is 2. The van der Waals surface area contributed by atoms with Crippen LogP contribution in [0.2, 0.25) is 0 Å². The highest BCUT2D eigenvalue weighted by atomic mass is 16.5. The third-order valence-corrected chi connectivity index (χ3v) is 3.57. The van der Waals surface area contributed by atoms with Crippen LogP contribution in [0.3, 0.4) is 0 Å². The number of ether oxygens (including phenoxy) is 2. The van der Waals surface area contributed by atoms with E-state index < -0.39 is 0 Å². The van der Waals surface area contributed by atoms with Crippen LogP contribution in [0.25, 0.3) is 10.9 Å². The van der Waals surface area contributed by atoms with Crippen LogP contribution < -0.4 is 9.47 Å². The predicted octanol–water partition coefficient (Wildman–Crippen LogP) is 3.47. The predicted molar refractivity (Wildman–Crippen MR) is 81.9 cm³/mol. The Morgan fingerprint density at radius 1 is 1.05 bits per heavy atom. The van der Waals surface area contributed by atoms with Gasteiger partial charge >= 0.3 is 0 Å². The Labute approximate surface area is 123 Å². The number of aryl methyl sites for hydroxylation is 1. The smallest absolute Gasteiger partial charge is 0.161 e. The van der Waals surface area contributed by atoms with Crippen LogP contribution in [0.1, 0.15) is 5.69 Å². The van der Waals surface area contributed by atoms with Crippen molar-refractivity contribution in [1.82, 2.24) is 4.57 Å². The number of methoxy groups -OCH3 is 1. The van der Waals surface area contributed by atoms with Crippen LogP contribution in [0.15, 0.2) is 48.5 Å². The van der Waals surface area contributed by atoms with E-state index in [-0.39, 0.29) is 5.75 Å². The van der Waals surface area contributed by atoms with Gasteiger partial charge in [0.05, 0.1) is 18.3 Å². The van der Waals surface area contributed by atoms with E-state index in [9.17, 15) is 5.11 Å². The molecule has 0 bridgehead atoms. The molecule has 4 nitrogen and oxygen atoms in total. The third kappa shape index (κ3) is 2.52.